The molecule has 0 aliphatic carbocycles. The molecule has 2 heterocycles. The summed E-state index contributed by atoms with van der Waals surface area (Å²) in [7, 11) is 0. The van der Waals surface area contributed by atoms with Crippen molar-refractivity contribution < 1.29 is 14.3 Å². The van der Waals surface area contributed by atoms with Gasteiger partial charge in [-0.3, -0.25) is 9.69 Å². The summed E-state index contributed by atoms with van der Waals surface area (Å²) in [6.45, 7) is 4.20. The van der Waals surface area contributed by atoms with E-state index in [4.69, 9.17) is 33.3 Å². The molecule has 0 saturated carbocycles. The van der Waals surface area contributed by atoms with Crippen LogP contribution in [0.4, 0.5) is 0 Å². The molecule has 2 aliphatic heterocycles. The second-order valence-corrected chi connectivity index (χ2v) is 6.39. The summed E-state index contributed by atoms with van der Waals surface area (Å²) in [6, 6.07) is 3.44. The highest BCUT2D eigenvalue weighted by atomic mass is 35.5. The molecule has 0 aromatic heterocycles. The van der Waals surface area contributed by atoms with Gasteiger partial charge in [-0.25, -0.2) is 0 Å². The van der Waals surface area contributed by atoms with Crippen LogP contribution >= 0.6 is 35.6 Å². The number of nitrogens with zero attached hydrogens (tertiary/aromatic N) is 1. The number of rotatable bonds is 3. The maximum Gasteiger partial charge on any atom is 0.266 e. The van der Waals surface area contributed by atoms with Crippen molar-refractivity contribution in [3.63, 3.8) is 0 Å². The smallest absolute Gasteiger partial charge is 0.266 e. The van der Waals surface area contributed by atoms with E-state index in [1.165, 1.54) is 16.7 Å². The summed E-state index contributed by atoms with van der Waals surface area (Å²) >= 11 is 12.6. The maximum absolute atomic E-state index is 12.3. The molecule has 7 heteroatoms. The fraction of sp³-hybridized carbons (Fsp3) is 0.143. The van der Waals surface area contributed by atoms with Crippen molar-refractivity contribution in [2.45, 2.75) is 0 Å². The van der Waals surface area contributed by atoms with E-state index in [0.29, 0.717) is 37.9 Å². The van der Waals surface area contributed by atoms with Gasteiger partial charge in [0.1, 0.15) is 4.32 Å². The molecule has 21 heavy (non-hydrogen) atoms. The van der Waals surface area contributed by atoms with Crippen LogP contribution in [-0.2, 0) is 4.79 Å². The molecule has 1 aromatic carbocycles. The number of amides is 1. The Morgan fingerprint density at radius 2 is 2.14 bits per heavy atom. The van der Waals surface area contributed by atoms with Crippen molar-refractivity contribution in [2.75, 3.05) is 13.3 Å². The minimum absolute atomic E-state index is 0.140. The first-order valence-electron chi connectivity index (χ1n) is 6.05. The van der Waals surface area contributed by atoms with E-state index in [1.807, 2.05) is 0 Å². The molecule has 0 radical (unpaired) electrons. The van der Waals surface area contributed by atoms with Gasteiger partial charge in [-0.15, -0.1) is 6.58 Å². The number of carbonyl (C=O) groups is 1. The Morgan fingerprint density at radius 1 is 1.43 bits per heavy atom. The van der Waals surface area contributed by atoms with E-state index in [1.54, 1.807) is 24.3 Å². The Hall–Kier alpha value is -1.50. The standard InChI is InChI=1S/C14H10ClNO3S2/c1-2-3-16-13(17)12(21-14(16)20)5-8-4-10-11(6-9(8)15)19-7-18-10/h2,4-6H,1,3,7H2/b12-5+. The molecular weight excluding hydrogens is 330 g/mol. The Balaban J connectivity index is 1.94. The van der Waals surface area contributed by atoms with Gasteiger partial charge in [0.15, 0.2) is 11.5 Å². The third kappa shape index (κ3) is 2.66. The first-order valence-corrected chi connectivity index (χ1v) is 7.66. The van der Waals surface area contributed by atoms with Crippen LogP contribution in [0.5, 0.6) is 11.5 Å². The Kier molecular flexibility index (Phi) is 3.93. The number of fused-ring (bicyclic) bond motifs is 1. The lowest BCUT2D eigenvalue weighted by molar-refractivity contribution is -0.121. The lowest BCUT2D eigenvalue weighted by Crippen LogP contribution is -2.27. The molecule has 0 unspecified atom stereocenters. The molecule has 2 aliphatic rings. The lowest BCUT2D eigenvalue weighted by atomic mass is 10.2. The van der Waals surface area contributed by atoms with Crippen molar-refractivity contribution >= 4 is 51.9 Å². The zero-order chi connectivity index (χ0) is 15.0. The van der Waals surface area contributed by atoms with Crippen molar-refractivity contribution in [3.8, 4) is 11.5 Å². The van der Waals surface area contributed by atoms with Gasteiger partial charge in [0.25, 0.3) is 5.91 Å². The molecule has 1 amide bonds. The van der Waals surface area contributed by atoms with Crippen LogP contribution in [0.3, 0.4) is 0 Å². The second-order valence-electron chi connectivity index (χ2n) is 4.31. The minimum atomic E-state index is -0.140. The van der Waals surface area contributed by atoms with Crippen LogP contribution in [0.2, 0.25) is 5.02 Å². The van der Waals surface area contributed by atoms with Crippen LogP contribution in [0, 0.1) is 0 Å². The fourth-order valence-corrected chi connectivity index (χ4v) is 3.45. The first-order chi connectivity index (χ1) is 10.1. The van der Waals surface area contributed by atoms with Gasteiger partial charge in [0, 0.05) is 12.6 Å². The van der Waals surface area contributed by atoms with Gasteiger partial charge >= 0.3 is 0 Å². The number of benzene rings is 1. The number of ether oxygens (including phenoxy) is 2. The summed E-state index contributed by atoms with van der Waals surface area (Å²) in [5, 5.41) is 0.494. The van der Waals surface area contributed by atoms with E-state index >= 15 is 0 Å². The highest BCUT2D eigenvalue weighted by Crippen LogP contribution is 2.39. The Morgan fingerprint density at radius 3 is 2.86 bits per heavy atom. The fourth-order valence-electron chi connectivity index (χ4n) is 1.97. The van der Waals surface area contributed by atoms with E-state index in [9.17, 15) is 4.79 Å². The van der Waals surface area contributed by atoms with Gasteiger partial charge in [-0.05, 0) is 17.7 Å². The summed E-state index contributed by atoms with van der Waals surface area (Å²) in [5.41, 5.74) is 0.694. The molecule has 1 aromatic rings. The van der Waals surface area contributed by atoms with Gasteiger partial charge in [-0.1, -0.05) is 41.7 Å². The van der Waals surface area contributed by atoms with Gasteiger partial charge in [0.05, 0.1) is 9.93 Å². The van der Waals surface area contributed by atoms with Crippen molar-refractivity contribution in [1.82, 2.24) is 4.90 Å². The quantitative estimate of drug-likeness (QED) is 0.479. The molecule has 0 bridgehead atoms. The van der Waals surface area contributed by atoms with E-state index < -0.39 is 0 Å². The number of thiocarbonyl (C=S) groups is 1. The number of hydrogen-bond acceptors (Lipinski definition) is 5. The molecular formula is C14H10ClNO3S2. The normalized spacial score (nSPS) is 18.7. The largest absolute Gasteiger partial charge is 0.454 e. The summed E-state index contributed by atoms with van der Waals surface area (Å²) in [6.07, 6.45) is 3.36. The van der Waals surface area contributed by atoms with Crippen LogP contribution in [0.25, 0.3) is 6.08 Å². The minimum Gasteiger partial charge on any atom is -0.454 e. The average Bonchev–Trinajstić information content (AvgIpc) is 2.99. The zero-order valence-electron chi connectivity index (χ0n) is 10.8. The predicted octanol–water partition coefficient (Wildman–Crippen LogP) is 3.46. The van der Waals surface area contributed by atoms with Crippen molar-refractivity contribution in [3.05, 3.63) is 40.3 Å². The average molecular weight is 340 g/mol. The van der Waals surface area contributed by atoms with Crippen LogP contribution in [-0.4, -0.2) is 28.5 Å². The molecule has 1 saturated heterocycles. The summed E-state index contributed by atoms with van der Waals surface area (Å²) in [4.78, 5) is 14.3. The highest BCUT2D eigenvalue weighted by molar-refractivity contribution is 8.26. The molecule has 108 valence electrons. The summed E-state index contributed by atoms with van der Waals surface area (Å²) in [5.74, 6) is 1.09. The van der Waals surface area contributed by atoms with E-state index in [-0.39, 0.29) is 12.7 Å². The number of carbonyl (C=O) groups excluding carboxylic acids is 1. The van der Waals surface area contributed by atoms with Gasteiger partial charge < -0.3 is 9.47 Å². The van der Waals surface area contributed by atoms with Crippen LogP contribution in [0.1, 0.15) is 5.56 Å². The molecule has 0 N–H and O–H groups in total. The highest BCUT2D eigenvalue weighted by Gasteiger charge is 2.31. The third-order valence-electron chi connectivity index (χ3n) is 2.96. The van der Waals surface area contributed by atoms with Crippen molar-refractivity contribution in [2.24, 2.45) is 0 Å². The van der Waals surface area contributed by atoms with E-state index in [0.717, 1.165) is 0 Å². The Labute approximate surface area is 136 Å². The molecule has 3 rings (SSSR count). The van der Waals surface area contributed by atoms with Gasteiger partial charge in [-0.2, -0.15) is 0 Å². The maximum atomic E-state index is 12.3. The third-order valence-corrected chi connectivity index (χ3v) is 4.67. The molecule has 0 spiro atoms. The van der Waals surface area contributed by atoms with Crippen LogP contribution in [0.15, 0.2) is 29.7 Å². The van der Waals surface area contributed by atoms with Gasteiger partial charge in [0.2, 0.25) is 6.79 Å². The van der Waals surface area contributed by atoms with E-state index in [2.05, 4.69) is 6.58 Å². The predicted molar refractivity (Wildman–Crippen MR) is 87.7 cm³/mol. The first kappa shape index (κ1) is 14.4. The Bertz CT molecular complexity index is 687. The number of hydrogen-bond donors (Lipinski definition) is 0. The lowest BCUT2D eigenvalue weighted by Gasteiger charge is -2.10. The molecule has 4 nitrogen and oxygen atoms in total. The molecule has 0 atom stereocenters. The monoisotopic (exact) mass is 339 g/mol. The second kappa shape index (κ2) is 5.71. The summed E-state index contributed by atoms with van der Waals surface area (Å²) < 4.78 is 11.1. The number of thioether (sulfide) groups is 1. The van der Waals surface area contributed by atoms with Crippen molar-refractivity contribution in [1.29, 1.82) is 0 Å². The number of halogens is 1. The molecule has 1 fully saturated rings. The SMILES string of the molecule is C=CCN1C(=O)/C(=C\c2cc3c(cc2Cl)OCO3)SC1=S. The topological polar surface area (TPSA) is 38.8 Å². The van der Waals surface area contributed by atoms with Crippen LogP contribution < -0.4 is 9.47 Å². The zero-order valence-corrected chi connectivity index (χ0v) is 13.2.